The van der Waals surface area contributed by atoms with Crippen molar-refractivity contribution >= 4 is 49.3 Å². The molecule has 0 bridgehead atoms. The minimum Gasteiger partial charge on any atom is -0.496 e. The Hall–Kier alpha value is -2.46. The van der Waals surface area contributed by atoms with Gasteiger partial charge in [0, 0.05) is 29.2 Å². The number of carboxylic acids is 1. The highest BCUT2D eigenvalue weighted by atomic mass is 35.5. The van der Waals surface area contributed by atoms with E-state index in [1.54, 1.807) is 17.0 Å². The molecule has 0 spiro atoms. The van der Waals surface area contributed by atoms with Gasteiger partial charge >= 0.3 is 12.1 Å². The highest BCUT2D eigenvalue weighted by molar-refractivity contribution is 6.74. The molecule has 2 aromatic rings. The monoisotopic (exact) mass is 640 g/mol. The molecule has 42 heavy (non-hydrogen) atoms. The SMILES string of the molecule is COc1cc(NCC(C)N(CC(O[Si](C)(C)C(C)(C)C)c2cccc(Cl)c2)C(=O)OC(C)(C)C)c(Cl)cc1CC(=O)O. The first-order valence-electron chi connectivity index (χ1n) is 14.0. The molecule has 0 aliphatic heterocycles. The van der Waals surface area contributed by atoms with Crippen LogP contribution in [0.5, 0.6) is 5.75 Å². The Morgan fingerprint density at radius 1 is 1.07 bits per heavy atom. The summed E-state index contributed by atoms with van der Waals surface area (Å²) in [5.74, 6) is -0.578. The number of hydrogen-bond donors (Lipinski definition) is 2. The molecule has 0 fully saturated rings. The molecule has 2 atom stereocenters. The van der Waals surface area contributed by atoms with Crippen LogP contribution in [0.15, 0.2) is 36.4 Å². The van der Waals surface area contributed by atoms with Crippen LogP contribution in [0.1, 0.15) is 65.7 Å². The summed E-state index contributed by atoms with van der Waals surface area (Å²) >= 11 is 12.9. The van der Waals surface area contributed by atoms with Crippen LogP contribution < -0.4 is 10.1 Å². The maximum absolute atomic E-state index is 13.6. The number of carbonyl (C=O) groups is 2. The van der Waals surface area contributed by atoms with Crippen molar-refractivity contribution in [1.82, 2.24) is 4.90 Å². The standard InChI is InChI=1S/C31H46Cl2N2O6Si/c1-20(18-34-25-17-26(39-8)22(15-24(25)33)16-28(36)37)35(29(38)40-30(2,3)4)19-27(21-12-11-13-23(32)14-21)41-42(9,10)31(5,6)7/h11-15,17,20,27,34H,16,18-19H2,1-10H3,(H,36,37). The number of anilines is 1. The zero-order chi connectivity index (χ0) is 32.0. The van der Waals surface area contributed by atoms with Crippen LogP contribution in [0, 0.1) is 0 Å². The van der Waals surface area contributed by atoms with Crippen LogP contribution in [0.3, 0.4) is 0 Å². The number of halogens is 2. The number of amides is 1. The number of hydrogen-bond acceptors (Lipinski definition) is 6. The summed E-state index contributed by atoms with van der Waals surface area (Å²) in [4.78, 5) is 26.6. The summed E-state index contributed by atoms with van der Waals surface area (Å²) in [7, 11) is -0.793. The first-order valence-corrected chi connectivity index (χ1v) is 17.7. The molecule has 0 radical (unpaired) electrons. The van der Waals surface area contributed by atoms with Crippen molar-refractivity contribution in [3.63, 3.8) is 0 Å². The van der Waals surface area contributed by atoms with Crippen LogP contribution in [-0.4, -0.2) is 62.2 Å². The predicted octanol–water partition coefficient (Wildman–Crippen LogP) is 8.43. The number of rotatable bonds is 12. The summed E-state index contributed by atoms with van der Waals surface area (Å²) in [5.41, 5.74) is 1.20. The zero-order valence-corrected chi connectivity index (χ0v) is 28.9. The second kappa shape index (κ2) is 14.3. The minimum absolute atomic E-state index is 0.0592. The lowest BCUT2D eigenvalue weighted by molar-refractivity contribution is -0.136. The van der Waals surface area contributed by atoms with Gasteiger partial charge in [0.15, 0.2) is 8.32 Å². The molecule has 2 N–H and O–H groups in total. The second-order valence-corrected chi connectivity index (χ2v) is 18.6. The lowest BCUT2D eigenvalue weighted by Gasteiger charge is -2.41. The molecule has 0 aromatic heterocycles. The number of benzene rings is 2. The number of carbonyl (C=O) groups excluding carboxylic acids is 1. The van der Waals surface area contributed by atoms with E-state index in [1.807, 2.05) is 52.0 Å². The molecule has 11 heteroatoms. The number of methoxy groups -OCH3 is 1. The molecule has 0 aliphatic rings. The number of nitrogens with one attached hydrogen (secondary N) is 1. The van der Waals surface area contributed by atoms with Gasteiger partial charge in [-0.15, -0.1) is 0 Å². The van der Waals surface area contributed by atoms with Crippen LogP contribution in [0.4, 0.5) is 10.5 Å². The topological polar surface area (TPSA) is 97.3 Å². The number of nitrogens with zero attached hydrogens (tertiary/aromatic N) is 1. The molecule has 1 amide bonds. The Balaban J connectivity index is 2.43. The number of aliphatic carboxylic acids is 1. The van der Waals surface area contributed by atoms with E-state index in [2.05, 4.69) is 39.2 Å². The van der Waals surface area contributed by atoms with E-state index in [0.29, 0.717) is 33.6 Å². The average Bonchev–Trinajstić information content (AvgIpc) is 2.83. The summed E-state index contributed by atoms with van der Waals surface area (Å²) in [6.07, 6.45) is -1.13. The molecule has 0 saturated carbocycles. The maximum Gasteiger partial charge on any atom is 0.410 e. The molecule has 0 heterocycles. The largest absolute Gasteiger partial charge is 0.496 e. The fourth-order valence-electron chi connectivity index (χ4n) is 3.97. The summed E-state index contributed by atoms with van der Waals surface area (Å²) < 4.78 is 18.1. The van der Waals surface area contributed by atoms with Gasteiger partial charge in [-0.05, 0) is 69.6 Å². The van der Waals surface area contributed by atoms with E-state index in [-0.39, 0.29) is 24.0 Å². The minimum atomic E-state index is -2.27. The lowest BCUT2D eigenvalue weighted by atomic mass is 10.1. The Kier molecular flexibility index (Phi) is 12.2. The van der Waals surface area contributed by atoms with Crippen molar-refractivity contribution in [3.8, 4) is 5.75 Å². The smallest absolute Gasteiger partial charge is 0.410 e. The van der Waals surface area contributed by atoms with Crippen LogP contribution in [0.2, 0.25) is 28.2 Å². The first-order chi connectivity index (χ1) is 19.2. The van der Waals surface area contributed by atoms with Crippen molar-refractivity contribution in [2.45, 2.75) is 90.8 Å². The lowest BCUT2D eigenvalue weighted by Crippen LogP contribution is -2.49. The van der Waals surface area contributed by atoms with Gasteiger partial charge in [0.2, 0.25) is 0 Å². The molecule has 2 unspecified atom stereocenters. The summed E-state index contributed by atoms with van der Waals surface area (Å²) in [5, 5.41) is 13.4. The Labute approximate surface area is 261 Å². The van der Waals surface area contributed by atoms with Crippen LogP contribution in [0.25, 0.3) is 0 Å². The highest BCUT2D eigenvalue weighted by Gasteiger charge is 2.41. The quantitative estimate of drug-likeness (QED) is 0.225. The Morgan fingerprint density at radius 3 is 2.24 bits per heavy atom. The van der Waals surface area contributed by atoms with Gasteiger partial charge in [0.1, 0.15) is 11.4 Å². The van der Waals surface area contributed by atoms with E-state index in [1.165, 1.54) is 7.11 Å². The first kappa shape index (κ1) is 35.7. The third-order valence-corrected chi connectivity index (χ3v) is 12.3. The molecule has 234 valence electrons. The van der Waals surface area contributed by atoms with Crippen molar-refractivity contribution in [1.29, 1.82) is 0 Å². The fourth-order valence-corrected chi connectivity index (χ4v) is 5.70. The van der Waals surface area contributed by atoms with Crippen molar-refractivity contribution in [2.24, 2.45) is 0 Å². The normalized spacial score (nSPS) is 13.7. The molecule has 0 aliphatic carbocycles. The Morgan fingerprint density at radius 2 is 1.71 bits per heavy atom. The maximum atomic E-state index is 13.6. The van der Waals surface area contributed by atoms with Crippen LogP contribution in [-0.2, 0) is 20.4 Å². The molecule has 8 nitrogen and oxygen atoms in total. The van der Waals surface area contributed by atoms with Crippen LogP contribution >= 0.6 is 23.2 Å². The van der Waals surface area contributed by atoms with Gasteiger partial charge in [-0.3, -0.25) is 4.79 Å². The van der Waals surface area contributed by atoms with E-state index in [9.17, 15) is 14.7 Å². The summed E-state index contributed by atoms with van der Waals surface area (Å²) in [6, 6.07) is 10.4. The van der Waals surface area contributed by atoms with Gasteiger partial charge in [-0.1, -0.05) is 56.1 Å². The molecule has 0 saturated heterocycles. The Bertz CT molecular complexity index is 1240. The highest BCUT2D eigenvalue weighted by Crippen LogP contribution is 2.40. The third-order valence-electron chi connectivity index (χ3n) is 7.29. The zero-order valence-electron chi connectivity index (χ0n) is 26.4. The summed E-state index contributed by atoms with van der Waals surface area (Å²) in [6.45, 7) is 18.8. The van der Waals surface area contributed by atoms with Gasteiger partial charge in [-0.2, -0.15) is 0 Å². The fraction of sp³-hybridized carbons (Fsp3) is 0.548. The third kappa shape index (κ3) is 10.4. The molecule has 2 rings (SSSR count). The molecular weight excluding hydrogens is 595 g/mol. The van der Waals surface area contributed by atoms with Crippen molar-refractivity contribution in [2.75, 3.05) is 25.5 Å². The van der Waals surface area contributed by atoms with E-state index >= 15 is 0 Å². The predicted molar refractivity (Wildman–Crippen MR) is 173 cm³/mol. The van der Waals surface area contributed by atoms with Gasteiger partial charge in [-0.25, -0.2) is 4.79 Å². The molecular formula is C31H46Cl2N2O6Si. The van der Waals surface area contributed by atoms with E-state index < -0.39 is 32.1 Å². The van der Waals surface area contributed by atoms with E-state index in [0.717, 1.165) is 5.56 Å². The van der Waals surface area contributed by atoms with Crippen molar-refractivity contribution < 1.29 is 28.6 Å². The molecule has 2 aromatic carbocycles. The number of ether oxygens (including phenoxy) is 2. The van der Waals surface area contributed by atoms with E-state index in [4.69, 9.17) is 37.1 Å². The van der Waals surface area contributed by atoms with Gasteiger partial charge in [0.25, 0.3) is 0 Å². The second-order valence-electron chi connectivity index (χ2n) is 13.0. The number of carboxylic acid groups (broad SMARTS) is 1. The van der Waals surface area contributed by atoms with Gasteiger partial charge in [0.05, 0.1) is 36.9 Å². The van der Waals surface area contributed by atoms with Gasteiger partial charge < -0.3 is 29.2 Å². The average molecular weight is 642 g/mol. The van der Waals surface area contributed by atoms with Crippen molar-refractivity contribution in [3.05, 3.63) is 57.6 Å².